The number of ether oxygens (including phenoxy) is 5. The SMILES string of the molecule is CC[C@H]1OC(=O)[C@H](C)C(=O)[C@H](C)[C@@H](O[C@@H]2O[C@H](C)C[C@H](N(C)C)[C@H]2O)[C@@]2(C)C[C@@H](C)/C(=N\[N+](=O)[O-])[C@H](C)[C@H](OCC(=O)CO2)[C@]1(C)O. The van der Waals surface area contributed by atoms with E-state index >= 15 is 0 Å². The number of Topliss-reactive ketones (excluding diaryl/α,β-unsaturated/α-hetero) is 2. The van der Waals surface area contributed by atoms with Crippen LogP contribution in [0.25, 0.3) is 0 Å². The van der Waals surface area contributed by atoms with E-state index in [1.54, 1.807) is 34.6 Å². The van der Waals surface area contributed by atoms with Gasteiger partial charge in [-0.15, -0.1) is 0 Å². The lowest BCUT2D eigenvalue weighted by atomic mass is 9.74. The van der Waals surface area contributed by atoms with Crippen LogP contribution in [-0.2, 0) is 38.1 Å². The summed E-state index contributed by atoms with van der Waals surface area (Å²) in [5.74, 6) is -6.05. The molecule has 13 atom stereocenters. The molecule has 47 heavy (non-hydrogen) atoms. The van der Waals surface area contributed by atoms with Gasteiger partial charge in [-0.25, -0.2) is 10.1 Å². The summed E-state index contributed by atoms with van der Waals surface area (Å²) in [6.07, 6.45) is -5.86. The summed E-state index contributed by atoms with van der Waals surface area (Å²) in [5, 5.41) is 38.0. The number of hydrazone groups is 1. The Morgan fingerprint density at radius 1 is 1.09 bits per heavy atom. The van der Waals surface area contributed by atoms with Crippen molar-refractivity contribution in [1.82, 2.24) is 4.90 Å². The Labute approximate surface area is 276 Å². The Morgan fingerprint density at radius 2 is 1.72 bits per heavy atom. The van der Waals surface area contributed by atoms with E-state index in [9.17, 15) is 34.7 Å². The summed E-state index contributed by atoms with van der Waals surface area (Å²) in [6, 6.07) is -0.350. The molecule has 3 aliphatic rings. The Kier molecular flexibility index (Phi) is 12.8. The first-order chi connectivity index (χ1) is 21.7. The van der Waals surface area contributed by atoms with Gasteiger partial charge in [0.2, 0.25) is 0 Å². The average Bonchev–Trinajstić information content (AvgIpc) is 3.00. The quantitative estimate of drug-likeness (QED) is 0.186. The van der Waals surface area contributed by atoms with Crippen molar-refractivity contribution in [2.45, 2.75) is 129 Å². The van der Waals surface area contributed by atoms with Crippen molar-refractivity contribution in [3.63, 3.8) is 0 Å². The number of carbonyl (C=O) groups is 3. The first kappa shape index (κ1) is 39.0. The van der Waals surface area contributed by atoms with Gasteiger partial charge in [0.25, 0.3) is 0 Å². The van der Waals surface area contributed by atoms with Crippen LogP contribution in [0.5, 0.6) is 0 Å². The van der Waals surface area contributed by atoms with Crippen molar-refractivity contribution >= 4 is 23.2 Å². The van der Waals surface area contributed by atoms with E-state index in [2.05, 4.69) is 5.10 Å². The summed E-state index contributed by atoms with van der Waals surface area (Å²) in [5.41, 5.74) is -3.46. The molecular weight excluding hydrogens is 618 g/mol. The van der Waals surface area contributed by atoms with Crippen molar-refractivity contribution < 1.29 is 53.3 Å². The number of esters is 1. The highest BCUT2D eigenvalue weighted by molar-refractivity contribution is 6.00. The second-order valence-corrected chi connectivity index (χ2v) is 14.1. The highest BCUT2D eigenvalue weighted by Gasteiger charge is 2.53. The maximum atomic E-state index is 14.1. The third kappa shape index (κ3) is 8.61. The highest BCUT2D eigenvalue weighted by Crippen LogP contribution is 2.40. The van der Waals surface area contributed by atoms with Crippen LogP contribution in [-0.4, -0.2) is 125 Å². The molecule has 0 aliphatic carbocycles. The number of carbonyl (C=O) groups excluding carboxylic acids is 3. The van der Waals surface area contributed by atoms with Gasteiger partial charge in [-0.3, -0.25) is 14.4 Å². The Bertz CT molecular complexity index is 1190. The lowest BCUT2D eigenvalue weighted by Crippen LogP contribution is -2.60. The predicted molar refractivity (Wildman–Crippen MR) is 168 cm³/mol. The molecule has 0 saturated carbocycles. The third-order valence-corrected chi connectivity index (χ3v) is 10.0. The fraction of sp³-hybridized carbons (Fsp3) is 0.875. The number of aliphatic hydroxyl groups is 2. The molecule has 3 saturated heterocycles. The van der Waals surface area contributed by atoms with Crippen LogP contribution in [0.3, 0.4) is 0 Å². The zero-order valence-electron chi connectivity index (χ0n) is 29.2. The van der Waals surface area contributed by atoms with Crippen LogP contribution in [0.4, 0.5) is 0 Å². The Morgan fingerprint density at radius 3 is 2.30 bits per heavy atom. The molecule has 0 aromatic heterocycles. The molecule has 3 rings (SSSR count). The number of cyclic esters (lactones) is 1. The van der Waals surface area contributed by atoms with Crippen molar-refractivity contribution in [2.24, 2.45) is 28.8 Å². The number of nitro groups is 1. The molecule has 0 unspecified atom stereocenters. The zero-order chi connectivity index (χ0) is 35.6. The standard InChI is InChI=1S/C32H53N3O12/c1-11-23-32(8,40)28-18(4)24(33-35(41)42)16(2)13-31(7,44-15-21(36)14-43-28)27(19(5)25(37)20(6)29(39)46-23)47-30-26(38)22(34(9)10)12-17(3)45-30/h16-20,22-23,26-28,30,38,40H,11-15H2,1-10H3/b33-24+/t16-,17-,18+,19+,20-,22+,23-,26-,27-,28+,30+,31-,32-/m1/s1. The van der Waals surface area contributed by atoms with Gasteiger partial charge in [0.15, 0.2) is 22.9 Å². The molecule has 15 nitrogen and oxygen atoms in total. The van der Waals surface area contributed by atoms with E-state index in [1.165, 1.54) is 13.8 Å². The van der Waals surface area contributed by atoms with Crippen molar-refractivity contribution in [2.75, 3.05) is 27.3 Å². The number of rotatable bonds is 5. The van der Waals surface area contributed by atoms with Gasteiger partial charge in [0.05, 0.1) is 34.7 Å². The third-order valence-electron chi connectivity index (χ3n) is 10.0. The number of ketones is 2. The number of fused-ring (bicyclic) bond motifs is 5. The molecule has 0 aromatic carbocycles. The molecule has 15 heteroatoms. The zero-order valence-corrected chi connectivity index (χ0v) is 29.2. The molecule has 0 amide bonds. The van der Waals surface area contributed by atoms with E-state index < -0.39 is 101 Å². The Balaban J connectivity index is 2.29. The minimum absolute atomic E-state index is 0.0315. The molecule has 3 heterocycles. The van der Waals surface area contributed by atoms with Gasteiger partial charge in [0, 0.05) is 23.8 Å². The predicted octanol–water partition coefficient (Wildman–Crippen LogP) is 1.76. The molecule has 268 valence electrons. The number of likely N-dealkylation sites (N-methyl/N-ethyl adjacent to an activating group) is 1. The minimum atomic E-state index is -1.96. The van der Waals surface area contributed by atoms with Crippen LogP contribution in [0.2, 0.25) is 0 Å². The molecule has 2 bridgehead atoms. The minimum Gasteiger partial charge on any atom is -0.459 e. The van der Waals surface area contributed by atoms with E-state index in [-0.39, 0.29) is 30.7 Å². The summed E-state index contributed by atoms with van der Waals surface area (Å²) in [6.45, 7) is 11.7. The van der Waals surface area contributed by atoms with Gasteiger partial charge < -0.3 is 38.8 Å². The van der Waals surface area contributed by atoms with Gasteiger partial charge in [-0.1, -0.05) is 27.7 Å². The van der Waals surface area contributed by atoms with Crippen LogP contribution < -0.4 is 0 Å². The fourth-order valence-corrected chi connectivity index (χ4v) is 7.44. The largest absolute Gasteiger partial charge is 0.459 e. The second-order valence-electron chi connectivity index (χ2n) is 14.1. The topological polar surface area (TPSA) is 197 Å². The number of hydrogen-bond donors (Lipinski definition) is 2. The first-order valence-electron chi connectivity index (χ1n) is 16.4. The fourth-order valence-electron chi connectivity index (χ4n) is 7.44. The number of hydrogen-bond acceptors (Lipinski definition) is 13. The molecule has 0 radical (unpaired) electrons. The van der Waals surface area contributed by atoms with Crippen LogP contribution in [0.1, 0.15) is 74.7 Å². The van der Waals surface area contributed by atoms with E-state index in [0.717, 1.165) is 0 Å². The van der Waals surface area contributed by atoms with Crippen LogP contribution in [0, 0.1) is 33.8 Å². The maximum absolute atomic E-state index is 14.1. The molecular formula is C32H53N3O12. The van der Waals surface area contributed by atoms with Crippen LogP contribution >= 0.6 is 0 Å². The maximum Gasteiger partial charge on any atom is 0.316 e. The summed E-state index contributed by atoms with van der Waals surface area (Å²) in [4.78, 5) is 54.6. The molecule has 0 aromatic rings. The first-order valence-corrected chi connectivity index (χ1v) is 16.4. The van der Waals surface area contributed by atoms with Gasteiger partial charge in [-0.2, -0.15) is 0 Å². The average molecular weight is 672 g/mol. The van der Waals surface area contributed by atoms with Gasteiger partial charge in [0.1, 0.15) is 36.9 Å². The van der Waals surface area contributed by atoms with E-state index in [0.29, 0.717) is 6.42 Å². The summed E-state index contributed by atoms with van der Waals surface area (Å²) < 4.78 is 30.6. The molecule has 0 spiro atoms. The second kappa shape index (κ2) is 15.4. The van der Waals surface area contributed by atoms with Crippen molar-refractivity contribution in [1.29, 1.82) is 0 Å². The highest BCUT2D eigenvalue weighted by atomic mass is 16.7. The number of nitrogens with zero attached hydrogens (tertiary/aromatic N) is 3. The van der Waals surface area contributed by atoms with Crippen molar-refractivity contribution in [3.05, 3.63) is 10.1 Å². The smallest absolute Gasteiger partial charge is 0.316 e. The number of aliphatic hydroxyl groups excluding tert-OH is 1. The lowest BCUT2D eigenvalue weighted by molar-refractivity contribution is -0.485. The van der Waals surface area contributed by atoms with Crippen LogP contribution in [0.15, 0.2) is 5.10 Å². The molecule has 3 aliphatic heterocycles. The lowest BCUT2D eigenvalue weighted by Gasteiger charge is -2.47. The monoisotopic (exact) mass is 671 g/mol. The normalized spacial score (nSPS) is 44.0. The molecule has 3 fully saturated rings. The van der Waals surface area contributed by atoms with Gasteiger partial charge >= 0.3 is 5.97 Å². The summed E-state index contributed by atoms with van der Waals surface area (Å²) >= 11 is 0. The van der Waals surface area contributed by atoms with Gasteiger partial charge in [-0.05, 0) is 61.1 Å². The van der Waals surface area contributed by atoms with E-state index in [1.807, 2.05) is 25.9 Å². The summed E-state index contributed by atoms with van der Waals surface area (Å²) in [7, 11) is 3.64. The van der Waals surface area contributed by atoms with Crippen molar-refractivity contribution in [3.8, 4) is 0 Å². The molecule has 2 N–H and O–H groups in total. The Hall–Kier alpha value is -2.40. The van der Waals surface area contributed by atoms with E-state index in [4.69, 9.17) is 23.7 Å².